The molecular formula is C12H12ClN3O2. The zero-order valence-electron chi connectivity index (χ0n) is 9.74. The highest BCUT2D eigenvalue weighted by molar-refractivity contribution is 6.34. The van der Waals surface area contributed by atoms with Crippen molar-refractivity contribution >= 4 is 23.2 Å². The summed E-state index contributed by atoms with van der Waals surface area (Å²) < 4.78 is 4.90. The predicted octanol–water partition coefficient (Wildman–Crippen LogP) is 2.15. The summed E-state index contributed by atoms with van der Waals surface area (Å²) in [5.41, 5.74) is 6.98. The zero-order valence-corrected chi connectivity index (χ0v) is 10.5. The van der Waals surface area contributed by atoms with Gasteiger partial charge in [-0.25, -0.2) is 0 Å². The van der Waals surface area contributed by atoms with Crippen LogP contribution in [0.15, 0.2) is 28.8 Å². The van der Waals surface area contributed by atoms with Gasteiger partial charge in [0.1, 0.15) is 11.5 Å². The van der Waals surface area contributed by atoms with Gasteiger partial charge in [-0.3, -0.25) is 4.79 Å². The normalized spacial score (nSPS) is 10.3. The van der Waals surface area contributed by atoms with Gasteiger partial charge in [0, 0.05) is 11.8 Å². The van der Waals surface area contributed by atoms with Crippen molar-refractivity contribution in [3.63, 3.8) is 0 Å². The molecule has 0 saturated carbocycles. The van der Waals surface area contributed by atoms with Crippen molar-refractivity contribution in [1.82, 2.24) is 10.5 Å². The largest absolute Gasteiger partial charge is 0.398 e. The summed E-state index contributed by atoms with van der Waals surface area (Å²) in [7, 11) is 0. The van der Waals surface area contributed by atoms with Crippen molar-refractivity contribution in [2.45, 2.75) is 13.5 Å². The number of nitrogens with zero attached hydrogens (tertiary/aromatic N) is 1. The fourth-order valence-corrected chi connectivity index (χ4v) is 1.81. The molecule has 3 N–H and O–H groups in total. The van der Waals surface area contributed by atoms with Gasteiger partial charge in [0.05, 0.1) is 17.1 Å². The number of benzene rings is 1. The monoisotopic (exact) mass is 265 g/mol. The number of anilines is 1. The minimum absolute atomic E-state index is 0.265. The third kappa shape index (κ3) is 2.62. The number of nitrogens with two attached hydrogens (primary N) is 1. The molecule has 0 aliphatic rings. The van der Waals surface area contributed by atoms with Crippen molar-refractivity contribution in [2.75, 3.05) is 5.73 Å². The van der Waals surface area contributed by atoms with E-state index in [-0.39, 0.29) is 18.0 Å². The van der Waals surface area contributed by atoms with Crippen LogP contribution < -0.4 is 11.1 Å². The van der Waals surface area contributed by atoms with Crippen molar-refractivity contribution < 1.29 is 9.32 Å². The number of aryl methyl sites for hydroxylation is 1. The maximum atomic E-state index is 11.9. The van der Waals surface area contributed by atoms with Crippen LogP contribution in [0.5, 0.6) is 0 Å². The van der Waals surface area contributed by atoms with E-state index in [4.69, 9.17) is 21.9 Å². The average molecular weight is 266 g/mol. The van der Waals surface area contributed by atoms with Crippen molar-refractivity contribution in [2.24, 2.45) is 0 Å². The molecule has 1 heterocycles. The average Bonchev–Trinajstić information content (AvgIpc) is 2.72. The summed E-state index contributed by atoms with van der Waals surface area (Å²) in [5.74, 6) is 0.357. The lowest BCUT2D eigenvalue weighted by atomic mass is 10.1. The molecule has 0 atom stereocenters. The first-order chi connectivity index (χ1) is 8.58. The van der Waals surface area contributed by atoms with Gasteiger partial charge in [-0.1, -0.05) is 22.8 Å². The van der Waals surface area contributed by atoms with E-state index in [1.54, 1.807) is 31.2 Å². The van der Waals surface area contributed by atoms with Crippen LogP contribution in [-0.2, 0) is 6.54 Å². The van der Waals surface area contributed by atoms with Gasteiger partial charge in [0.2, 0.25) is 0 Å². The fraction of sp³-hybridized carbons (Fsp3) is 0.167. The standard InChI is InChI=1S/C12H12ClN3O2/c1-7-5-8(16-18-7)6-15-12(17)11-9(13)3-2-4-10(11)14/h2-5H,6,14H2,1H3,(H,15,17). The Morgan fingerprint density at radius 3 is 2.94 bits per heavy atom. The number of rotatable bonds is 3. The summed E-state index contributed by atoms with van der Waals surface area (Å²) in [5, 5.41) is 6.78. The molecule has 2 rings (SSSR count). The van der Waals surface area contributed by atoms with Gasteiger partial charge in [0.15, 0.2) is 0 Å². The fourth-order valence-electron chi connectivity index (χ4n) is 1.54. The van der Waals surface area contributed by atoms with E-state index in [0.717, 1.165) is 0 Å². The van der Waals surface area contributed by atoms with Crippen molar-refractivity contribution in [3.05, 3.63) is 46.3 Å². The van der Waals surface area contributed by atoms with Crippen LogP contribution in [0.1, 0.15) is 21.8 Å². The van der Waals surface area contributed by atoms with E-state index in [2.05, 4.69) is 10.5 Å². The van der Waals surface area contributed by atoms with E-state index in [1.807, 2.05) is 0 Å². The molecule has 18 heavy (non-hydrogen) atoms. The van der Waals surface area contributed by atoms with Crippen LogP contribution in [-0.4, -0.2) is 11.1 Å². The Labute approximate surface area is 109 Å². The molecule has 0 saturated heterocycles. The van der Waals surface area contributed by atoms with Gasteiger partial charge in [-0.2, -0.15) is 0 Å². The summed E-state index contributed by atoms with van der Waals surface area (Å²) in [4.78, 5) is 11.9. The molecule has 0 aliphatic heterocycles. The number of carbonyl (C=O) groups is 1. The quantitative estimate of drug-likeness (QED) is 0.833. The molecule has 2 aromatic rings. The SMILES string of the molecule is Cc1cc(CNC(=O)c2c(N)cccc2Cl)no1. The maximum Gasteiger partial charge on any atom is 0.255 e. The summed E-state index contributed by atoms with van der Waals surface area (Å²) in [6.07, 6.45) is 0. The molecule has 0 radical (unpaired) electrons. The molecule has 6 heteroatoms. The first-order valence-corrected chi connectivity index (χ1v) is 5.70. The molecule has 1 amide bonds. The Morgan fingerprint density at radius 2 is 2.33 bits per heavy atom. The Bertz CT molecular complexity index is 560. The van der Waals surface area contributed by atoms with E-state index >= 15 is 0 Å². The van der Waals surface area contributed by atoms with E-state index < -0.39 is 0 Å². The summed E-state index contributed by atoms with van der Waals surface area (Å²) in [6, 6.07) is 6.68. The second-order valence-corrected chi connectivity index (χ2v) is 4.22. The lowest BCUT2D eigenvalue weighted by Crippen LogP contribution is -2.24. The Morgan fingerprint density at radius 1 is 1.56 bits per heavy atom. The number of carbonyl (C=O) groups excluding carboxylic acids is 1. The smallest absolute Gasteiger partial charge is 0.255 e. The maximum absolute atomic E-state index is 11.9. The van der Waals surface area contributed by atoms with Crippen LogP contribution in [0.2, 0.25) is 5.02 Å². The third-order valence-electron chi connectivity index (χ3n) is 2.38. The van der Waals surface area contributed by atoms with Crippen molar-refractivity contribution in [3.8, 4) is 0 Å². The van der Waals surface area contributed by atoms with Crippen LogP contribution >= 0.6 is 11.6 Å². The van der Waals surface area contributed by atoms with Crippen LogP contribution in [0.4, 0.5) is 5.69 Å². The third-order valence-corrected chi connectivity index (χ3v) is 2.69. The highest BCUT2D eigenvalue weighted by Crippen LogP contribution is 2.21. The number of hydrogen-bond acceptors (Lipinski definition) is 4. The number of nitrogen functional groups attached to an aromatic ring is 1. The second kappa shape index (κ2) is 5.10. The van der Waals surface area contributed by atoms with E-state index in [9.17, 15) is 4.79 Å². The lowest BCUT2D eigenvalue weighted by molar-refractivity contribution is 0.0951. The molecule has 1 aromatic carbocycles. The van der Waals surface area contributed by atoms with Crippen LogP contribution in [0.25, 0.3) is 0 Å². The van der Waals surface area contributed by atoms with Crippen LogP contribution in [0.3, 0.4) is 0 Å². The highest BCUT2D eigenvalue weighted by Gasteiger charge is 2.13. The van der Waals surface area contributed by atoms with Gasteiger partial charge in [-0.05, 0) is 19.1 Å². The summed E-state index contributed by atoms with van der Waals surface area (Å²) in [6.45, 7) is 2.05. The molecular weight excluding hydrogens is 254 g/mol. The first-order valence-electron chi connectivity index (χ1n) is 5.32. The Balaban J connectivity index is 2.08. The molecule has 0 aliphatic carbocycles. The number of amides is 1. The molecule has 0 spiro atoms. The van der Waals surface area contributed by atoms with Gasteiger partial charge < -0.3 is 15.6 Å². The zero-order chi connectivity index (χ0) is 13.1. The lowest BCUT2D eigenvalue weighted by Gasteiger charge is -2.07. The highest BCUT2D eigenvalue weighted by atomic mass is 35.5. The van der Waals surface area contributed by atoms with Crippen molar-refractivity contribution in [1.29, 1.82) is 0 Å². The Kier molecular flexibility index (Phi) is 3.53. The number of nitrogens with one attached hydrogen (secondary N) is 1. The van der Waals surface area contributed by atoms with E-state index in [1.165, 1.54) is 0 Å². The molecule has 1 aromatic heterocycles. The Hall–Kier alpha value is -2.01. The second-order valence-electron chi connectivity index (χ2n) is 3.82. The number of hydrogen-bond donors (Lipinski definition) is 2. The molecule has 5 nitrogen and oxygen atoms in total. The van der Waals surface area contributed by atoms with Gasteiger partial charge in [0.25, 0.3) is 5.91 Å². The number of aromatic nitrogens is 1. The molecule has 0 fully saturated rings. The van der Waals surface area contributed by atoms with E-state index in [0.29, 0.717) is 22.2 Å². The summed E-state index contributed by atoms with van der Waals surface area (Å²) >= 11 is 5.94. The topological polar surface area (TPSA) is 81.2 Å². The first kappa shape index (κ1) is 12.4. The molecule has 0 bridgehead atoms. The van der Waals surface area contributed by atoms with Crippen LogP contribution in [0, 0.1) is 6.92 Å². The molecule has 94 valence electrons. The van der Waals surface area contributed by atoms with Gasteiger partial charge in [-0.15, -0.1) is 0 Å². The minimum Gasteiger partial charge on any atom is -0.398 e. The van der Waals surface area contributed by atoms with Gasteiger partial charge >= 0.3 is 0 Å². The number of halogens is 1. The minimum atomic E-state index is -0.334. The molecule has 0 unspecified atom stereocenters. The predicted molar refractivity (Wildman–Crippen MR) is 68.3 cm³/mol.